The van der Waals surface area contributed by atoms with Gasteiger partial charge in [0.05, 0.1) is 0 Å². The van der Waals surface area contributed by atoms with E-state index in [9.17, 15) is 18.8 Å². The van der Waals surface area contributed by atoms with Gasteiger partial charge in [-0.15, -0.1) is 0 Å². The molecule has 5 nitrogen and oxygen atoms in total. The highest BCUT2D eigenvalue weighted by Gasteiger charge is 2.23. The van der Waals surface area contributed by atoms with E-state index < -0.39 is 6.61 Å². The lowest BCUT2D eigenvalue weighted by molar-refractivity contribution is -0.128. The fourth-order valence-electron chi connectivity index (χ4n) is 3.18. The van der Waals surface area contributed by atoms with Gasteiger partial charge in [0.25, 0.3) is 5.91 Å². The van der Waals surface area contributed by atoms with E-state index in [4.69, 9.17) is 0 Å². The first kappa shape index (κ1) is 20.5. The number of nitriles is 1. The first-order valence-electron chi connectivity index (χ1n) is 9.27. The van der Waals surface area contributed by atoms with Gasteiger partial charge >= 0.3 is 6.61 Å². The Bertz CT molecular complexity index is 885. The van der Waals surface area contributed by atoms with Gasteiger partial charge in [0, 0.05) is 32.7 Å². The fraction of sp³-hybridized carbons (Fsp3) is 0.273. The van der Waals surface area contributed by atoms with Gasteiger partial charge in [-0.05, 0) is 29.3 Å². The van der Waals surface area contributed by atoms with Gasteiger partial charge in [-0.2, -0.15) is 14.0 Å². The third-order valence-electron chi connectivity index (χ3n) is 4.68. The molecular weight excluding hydrogens is 376 g/mol. The molecule has 29 heavy (non-hydrogen) atoms. The lowest BCUT2D eigenvalue weighted by Crippen LogP contribution is -2.48. The van der Waals surface area contributed by atoms with E-state index in [0.29, 0.717) is 18.7 Å². The normalized spacial score (nSPS) is 15.2. The lowest BCUT2D eigenvalue weighted by atomic mass is 10.1. The molecule has 0 atom stereocenters. The first-order chi connectivity index (χ1) is 14.0. The van der Waals surface area contributed by atoms with Crippen molar-refractivity contribution in [3.8, 4) is 11.8 Å². The van der Waals surface area contributed by atoms with E-state index in [1.807, 2.05) is 24.3 Å². The predicted molar refractivity (Wildman–Crippen MR) is 105 cm³/mol. The molecule has 1 fully saturated rings. The quantitative estimate of drug-likeness (QED) is 0.553. The number of hydrogen-bond acceptors (Lipinski definition) is 4. The highest BCUT2D eigenvalue weighted by molar-refractivity contribution is 6.01. The number of alkyl halides is 2. The minimum atomic E-state index is -2.90. The molecule has 1 aliphatic heterocycles. The van der Waals surface area contributed by atoms with Crippen LogP contribution in [0.5, 0.6) is 5.75 Å². The van der Waals surface area contributed by atoms with Crippen LogP contribution >= 0.6 is 0 Å². The molecule has 0 saturated carbocycles. The smallest absolute Gasteiger partial charge is 0.387 e. The lowest BCUT2D eigenvalue weighted by Gasteiger charge is -2.34. The summed E-state index contributed by atoms with van der Waals surface area (Å²) in [5, 5.41) is 9.41. The Hall–Kier alpha value is -3.24. The molecule has 0 spiro atoms. The average Bonchev–Trinajstić information content (AvgIpc) is 2.73. The number of amides is 1. The van der Waals surface area contributed by atoms with Crippen molar-refractivity contribution in [3.63, 3.8) is 0 Å². The van der Waals surface area contributed by atoms with Crippen molar-refractivity contribution in [2.75, 3.05) is 26.2 Å². The molecule has 1 amide bonds. The van der Waals surface area contributed by atoms with E-state index in [1.54, 1.807) is 4.90 Å². The summed E-state index contributed by atoms with van der Waals surface area (Å²) in [6.45, 7) is 0.500. The second kappa shape index (κ2) is 9.80. The number of carbonyl (C=O) groups excluding carboxylic acids is 1. The molecular formula is C22H21F2N3O2. The maximum atomic E-state index is 12.7. The summed E-state index contributed by atoms with van der Waals surface area (Å²) < 4.78 is 28.7. The summed E-state index contributed by atoms with van der Waals surface area (Å²) >= 11 is 0. The van der Waals surface area contributed by atoms with Gasteiger partial charge in [0.2, 0.25) is 0 Å². The summed E-state index contributed by atoms with van der Waals surface area (Å²) in [5.74, 6) is -0.295. The zero-order valence-electron chi connectivity index (χ0n) is 15.8. The van der Waals surface area contributed by atoms with Crippen LogP contribution in [-0.2, 0) is 11.3 Å². The van der Waals surface area contributed by atoms with Crippen molar-refractivity contribution < 1.29 is 18.3 Å². The number of nitrogens with zero attached hydrogens (tertiary/aromatic N) is 3. The second-order valence-electron chi connectivity index (χ2n) is 6.67. The minimum Gasteiger partial charge on any atom is -0.435 e. The summed E-state index contributed by atoms with van der Waals surface area (Å²) in [6, 6.07) is 17.9. The van der Waals surface area contributed by atoms with Gasteiger partial charge in [0.1, 0.15) is 17.4 Å². The van der Waals surface area contributed by atoms with Crippen molar-refractivity contribution in [2.24, 2.45) is 0 Å². The van der Waals surface area contributed by atoms with Crippen LogP contribution in [0.1, 0.15) is 11.1 Å². The molecule has 1 saturated heterocycles. The second-order valence-corrected chi connectivity index (χ2v) is 6.67. The predicted octanol–water partition coefficient (Wildman–Crippen LogP) is 3.54. The van der Waals surface area contributed by atoms with E-state index in [1.165, 1.54) is 35.9 Å². The molecule has 1 heterocycles. The van der Waals surface area contributed by atoms with E-state index >= 15 is 0 Å². The van der Waals surface area contributed by atoms with Crippen molar-refractivity contribution in [2.45, 2.75) is 13.2 Å². The molecule has 3 rings (SSSR count). The Morgan fingerprint density at radius 3 is 2.31 bits per heavy atom. The summed E-state index contributed by atoms with van der Waals surface area (Å²) in [5.41, 5.74) is 1.81. The Balaban J connectivity index is 1.58. The Morgan fingerprint density at radius 1 is 1.07 bits per heavy atom. The van der Waals surface area contributed by atoms with Crippen LogP contribution in [0.15, 0.2) is 60.2 Å². The number of carbonyl (C=O) groups is 1. The molecule has 0 aliphatic carbocycles. The molecule has 1 aliphatic rings. The van der Waals surface area contributed by atoms with Crippen molar-refractivity contribution in [1.82, 2.24) is 9.80 Å². The Morgan fingerprint density at radius 2 is 1.72 bits per heavy atom. The highest BCUT2D eigenvalue weighted by Crippen LogP contribution is 2.18. The molecule has 0 N–H and O–H groups in total. The SMILES string of the molecule is N#CC(=Cc1ccc(OC(F)F)cc1)C(=O)N1CCN(Cc2ccccc2)CC1. The summed E-state index contributed by atoms with van der Waals surface area (Å²) in [4.78, 5) is 16.6. The summed E-state index contributed by atoms with van der Waals surface area (Å²) in [6.07, 6.45) is 1.46. The maximum absolute atomic E-state index is 12.7. The largest absolute Gasteiger partial charge is 0.435 e. The van der Waals surface area contributed by atoms with Crippen molar-refractivity contribution >= 4 is 12.0 Å². The molecule has 7 heteroatoms. The van der Waals surface area contributed by atoms with E-state index in [-0.39, 0.29) is 17.2 Å². The van der Waals surface area contributed by atoms with Gasteiger partial charge in [-0.25, -0.2) is 0 Å². The Kier molecular flexibility index (Phi) is 6.93. The fourth-order valence-corrected chi connectivity index (χ4v) is 3.18. The maximum Gasteiger partial charge on any atom is 0.387 e. The van der Waals surface area contributed by atoms with Gasteiger partial charge in [-0.3, -0.25) is 9.69 Å². The standard InChI is InChI=1S/C22H21F2N3O2/c23-22(24)29-20-8-6-17(7-9-20)14-19(15-25)21(28)27-12-10-26(11-13-27)16-18-4-2-1-3-5-18/h1-9,14,22H,10-13,16H2. The van der Waals surface area contributed by atoms with Crippen LogP contribution in [0.25, 0.3) is 6.08 Å². The molecule has 0 unspecified atom stereocenters. The molecule has 150 valence electrons. The zero-order valence-corrected chi connectivity index (χ0v) is 15.8. The van der Waals surface area contributed by atoms with E-state index in [2.05, 4.69) is 21.8 Å². The number of hydrogen-bond donors (Lipinski definition) is 0. The average molecular weight is 397 g/mol. The number of ether oxygens (including phenoxy) is 1. The third-order valence-corrected chi connectivity index (χ3v) is 4.68. The molecule has 2 aromatic rings. The van der Waals surface area contributed by atoms with Crippen LogP contribution in [0.3, 0.4) is 0 Å². The molecule has 0 bridgehead atoms. The number of rotatable bonds is 6. The zero-order chi connectivity index (χ0) is 20.6. The Labute approximate surface area is 168 Å². The first-order valence-corrected chi connectivity index (χ1v) is 9.27. The van der Waals surface area contributed by atoms with Gasteiger partial charge in [0.15, 0.2) is 0 Å². The monoisotopic (exact) mass is 397 g/mol. The van der Waals surface area contributed by atoms with Crippen molar-refractivity contribution in [1.29, 1.82) is 5.26 Å². The molecule has 0 aromatic heterocycles. The third kappa shape index (κ3) is 5.87. The van der Waals surface area contributed by atoms with Crippen LogP contribution in [0, 0.1) is 11.3 Å². The topological polar surface area (TPSA) is 56.6 Å². The van der Waals surface area contributed by atoms with Crippen LogP contribution in [-0.4, -0.2) is 48.5 Å². The molecule has 2 aromatic carbocycles. The highest BCUT2D eigenvalue weighted by atomic mass is 19.3. The van der Waals surface area contributed by atoms with E-state index in [0.717, 1.165) is 19.6 Å². The minimum absolute atomic E-state index is 0.0176. The number of halogens is 2. The van der Waals surface area contributed by atoms with Crippen LogP contribution in [0.2, 0.25) is 0 Å². The van der Waals surface area contributed by atoms with Crippen LogP contribution < -0.4 is 4.74 Å². The van der Waals surface area contributed by atoms with Crippen molar-refractivity contribution in [3.05, 3.63) is 71.3 Å². The van der Waals surface area contributed by atoms with Gasteiger partial charge < -0.3 is 9.64 Å². The number of benzene rings is 2. The molecule has 0 radical (unpaired) electrons. The summed E-state index contributed by atoms with van der Waals surface area (Å²) in [7, 11) is 0. The van der Waals surface area contributed by atoms with Crippen LogP contribution in [0.4, 0.5) is 8.78 Å². The van der Waals surface area contributed by atoms with Gasteiger partial charge in [-0.1, -0.05) is 42.5 Å². The number of piperazine rings is 1.